The lowest BCUT2D eigenvalue weighted by Crippen LogP contribution is -2.35. The molecule has 1 heterocycles. The Bertz CT molecular complexity index is 746. The Balaban J connectivity index is 1.86. The van der Waals surface area contributed by atoms with Crippen LogP contribution in [0.2, 0.25) is 0 Å². The average Bonchev–Trinajstić information content (AvgIpc) is 3.43. The van der Waals surface area contributed by atoms with Crippen LogP contribution < -0.4 is 10.6 Å². The van der Waals surface area contributed by atoms with Crippen molar-refractivity contribution in [3.05, 3.63) is 5.82 Å². The number of nitrogens with one attached hydrogen (secondary N) is 2. The largest absolute Gasteiger partial charge is 0.408 e. The Kier molecular flexibility index (Phi) is 5.10. The van der Waals surface area contributed by atoms with Gasteiger partial charge in [0, 0.05) is 5.41 Å². The van der Waals surface area contributed by atoms with Gasteiger partial charge < -0.3 is 10.6 Å². The third kappa shape index (κ3) is 4.97. The first kappa shape index (κ1) is 20.5. The highest BCUT2D eigenvalue weighted by Crippen LogP contribution is 2.60. The third-order valence-electron chi connectivity index (χ3n) is 4.88. The van der Waals surface area contributed by atoms with Gasteiger partial charge in [-0.2, -0.15) is 41.3 Å². The Morgan fingerprint density at radius 3 is 1.71 bits per heavy atom. The molecule has 0 radical (unpaired) electrons. The molecule has 11 heteroatoms. The molecule has 2 N–H and O–H groups in total. The maximum absolute atomic E-state index is 12.8. The van der Waals surface area contributed by atoms with E-state index in [9.17, 15) is 26.3 Å². The number of rotatable bonds is 5. The number of nitrogens with zero attached hydrogens (tertiary/aromatic N) is 3. The molecule has 2 fully saturated rings. The molecule has 1 aromatic rings. The van der Waals surface area contributed by atoms with Crippen molar-refractivity contribution in [2.45, 2.75) is 64.0 Å². The van der Waals surface area contributed by atoms with Crippen molar-refractivity contribution in [2.24, 2.45) is 11.3 Å². The van der Waals surface area contributed by atoms with Gasteiger partial charge in [0.15, 0.2) is 0 Å². The number of halogens is 6. The lowest BCUT2D eigenvalue weighted by molar-refractivity contribution is -0.139. The molecule has 2 aliphatic rings. The van der Waals surface area contributed by atoms with E-state index in [-0.39, 0.29) is 11.2 Å². The molecule has 5 nitrogen and oxygen atoms in total. The fourth-order valence-electron chi connectivity index (χ4n) is 2.70. The molecule has 0 unspecified atom stereocenters. The molecule has 0 aliphatic heterocycles. The van der Waals surface area contributed by atoms with E-state index >= 15 is 0 Å². The number of hydrogen-bond acceptors (Lipinski definition) is 5. The topological polar surface area (TPSA) is 62.7 Å². The van der Waals surface area contributed by atoms with E-state index in [1.807, 2.05) is 10.6 Å². The fourth-order valence-corrected chi connectivity index (χ4v) is 2.70. The van der Waals surface area contributed by atoms with E-state index in [4.69, 9.17) is 0 Å². The minimum absolute atomic E-state index is 0.105. The Morgan fingerprint density at radius 2 is 1.36 bits per heavy atom. The first-order valence-electron chi connectivity index (χ1n) is 8.85. The van der Waals surface area contributed by atoms with E-state index in [2.05, 4.69) is 26.8 Å². The van der Waals surface area contributed by atoms with Gasteiger partial charge >= 0.3 is 12.4 Å². The second-order valence-electron chi connectivity index (χ2n) is 7.30. The maximum Gasteiger partial charge on any atom is 0.408 e. The molecule has 0 bridgehead atoms. The van der Waals surface area contributed by atoms with Gasteiger partial charge in [-0.25, -0.2) is 0 Å². The first-order valence-corrected chi connectivity index (χ1v) is 8.85. The Labute approximate surface area is 157 Å². The summed E-state index contributed by atoms with van der Waals surface area (Å²) >= 11 is 0. The smallest absolute Gasteiger partial charge is 0.343 e. The van der Waals surface area contributed by atoms with Crippen molar-refractivity contribution in [3.63, 3.8) is 0 Å². The number of alkyl halides is 6. The van der Waals surface area contributed by atoms with Crippen molar-refractivity contribution >= 4 is 11.9 Å². The second-order valence-corrected chi connectivity index (χ2v) is 7.30. The van der Waals surface area contributed by atoms with E-state index in [0.29, 0.717) is 5.92 Å². The Morgan fingerprint density at radius 1 is 0.893 bits per heavy atom. The van der Waals surface area contributed by atoms with E-state index in [0.717, 1.165) is 39.5 Å². The van der Waals surface area contributed by atoms with Gasteiger partial charge in [0.1, 0.15) is 12.1 Å². The van der Waals surface area contributed by atoms with Gasteiger partial charge in [-0.1, -0.05) is 5.92 Å². The second kappa shape index (κ2) is 6.97. The molecule has 2 aliphatic carbocycles. The maximum atomic E-state index is 12.8. The summed E-state index contributed by atoms with van der Waals surface area (Å²) in [6, 6.07) is -3.99. The summed E-state index contributed by atoms with van der Waals surface area (Å²) in [7, 11) is 0. The highest BCUT2D eigenvalue weighted by molar-refractivity contribution is 5.41. The summed E-state index contributed by atoms with van der Waals surface area (Å²) < 4.78 is 76.7. The van der Waals surface area contributed by atoms with Gasteiger partial charge in [0.05, 0.1) is 0 Å². The van der Waals surface area contributed by atoms with Gasteiger partial charge in [0.25, 0.3) is 0 Å². The number of hydrogen-bond donors (Lipinski definition) is 2. The summed E-state index contributed by atoms with van der Waals surface area (Å²) in [4.78, 5) is 11.3. The minimum Gasteiger partial charge on any atom is -0.343 e. The zero-order chi connectivity index (χ0) is 20.7. The number of anilines is 2. The normalized spacial score (nSPS) is 20.6. The van der Waals surface area contributed by atoms with Crippen LogP contribution in [-0.2, 0) is 0 Å². The summed E-state index contributed by atoms with van der Waals surface area (Å²) in [5.41, 5.74) is -0.105. The third-order valence-corrected chi connectivity index (χ3v) is 4.88. The highest BCUT2D eigenvalue weighted by atomic mass is 19.4. The fraction of sp³-hybridized carbons (Fsp3) is 0.706. The molecule has 2 atom stereocenters. The van der Waals surface area contributed by atoms with Gasteiger partial charge in [-0.15, -0.1) is 0 Å². The van der Waals surface area contributed by atoms with Crippen molar-refractivity contribution in [2.75, 3.05) is 10.6 Å². The molecule has 2 saturated carbocycles. The van der Waals surface area contributed by atoms with Crippen molar-refractivity contribution in [1.29, 1.82) is 0 Å². The van der Waals surface area contributed by atoms with Crippen LogP contribution in [0.4, 0.5) is 38.2 Å². The lowest BCUT2D eigenvalue weighted by atomic mass is 10.0. The molecular formula is C17H19F6N5. The summed E-state index contributed by atoms with van der Waals surface area (Å²) in [6.45, 7) is 1.71. The van der Waals surface area contributed by atoms with Crippen LogP contribution in [0, 0.1) is 23.2 Å². The van der Waals surface area contributed by atoms with Crippen LogP contribution in [0.5, 0.6) is 0 Å². The van der Waals surface area contributed by atoms with E-state index in [1.54, 1.807) is 0 Å². The predicted octanol–water partition coefficient (Wildman–Crippen LogP) is 4.14. The average molecular weight is 407 g/mol. The molecule has 3 rings (SSSR count). The zero-order valence-corrected chi connectivity index (χ0v) is 15.2. The van der Waals surface area contributed by atoms with Crippen LogP contribution in [-0.4, -0.2) is 39.4 Å². The van der Waals surface area contributed by atoms with Crippen LogP contribution >= 0.6 is 0 Å². The molecule has 154 valence electrons. The molecule has 0 saturated heterocycles. The quantitative estimate of drug-likeness (QED) is 0.568. The summed E-state index contributed by atoms with van der Waals surface area (Å²) in [5, 5.41) is 4.09. The van der Waals surface area contributed by atoms with Crippen molar-refractivity contribution in [3.8, 4) is 11.8 Å². The van der Waals surface area contributed by atoms with Gasteiger partial charge in [-0.05, 0) is 51.4 Å². The molecule has 0 amide bonds. The van der Waals surface area contributed by atoms with Crippen LogP contribution in [0.1, 0.15) is 45.4 Å². The Hall–Kier alpha value is -2.25. The summed E-state index contributed by atoms with van der Waals surface area (Å²) in [6.07, 6.45) is -5.12. The SMILES string of the molecule is C[C@@H](Nc1nc(C#CC2(C3CC3)CC2)nc(N[C@H](C)C(F)(F)F)n1)C(F)(F)F. The standard InChI is InChI=1S/C17H19F6N5/c1-9(16(18,19)20)24-13-26-12(5-6-15(7-8-15)11-3-4-11)27-14(28-13)25-10(2)17(21,22)23/h9-11H,3-4,7-8H2,1-2H3,(H2,24,25,26,27,28)/t9-,10-/m1/s1. The monoisotopic (exact) mass is 407 g/mol. The van der Waals surface area contributed by atoms with E-state index < -0.39 is 36.3 Å². The van der Waals surface area contributed by atoms with Gasteiger partial charge in [0.2, 0.25) is 17.7 Å². The van der Waals surface area contributed by atoms with Crippen LogP contribution in [0.3, 0.4) is 0 Å². The van der Waals surface area contributed by atoms with E-state index in [1.165, 1.54) is 0 Å². The molecule has 28 heavy (non-hydrogen) atoms. The van der Waals surface area contributed by atoms with Crippen molar-refractivity contribution < 1.29 is 26.3 Å². The molecule has 1 aromatic heterocycles. The molecule has 0 spiro atoms. The van der Waals surface area contributed by atoms with Crippen LogP contribution in [0.25, 0.3) is 0 Å². The number of aromatic nitrogens is 3. The van der Waals surface area contributed by atoms with Crippen molar-refractivity contribution in [1.82, 2.24) is 15.0 Å². The minimum atomic E-state index is -4.57. The molecular weight excluding hydrogens is 388 g/mol. The van der Waals surface area contributed by atoms with Crippen LogP contribution in [0.15, 0.2) is 0 Å². The molecule has 0 aromatic carbocycles. The highest BCUT2D eigenvalue weighted by Gasteiger charge is 2.52. The lowest BCUT2D eigenvalue weighted by Gasteiger charge is -2.19. The first-order chi connectivity index (χ1) is 12.9. The zero-order valence-electron chi connectivity index (χ0n) is 15.2. The predicted molar refractivity (Wildman–Crippen MR) is 89.4 cm³/mol. The van der Waals surface area contributed by atoms with Gasteiger partial charge in [-0.3, -0.25) is 0 Å². The summed E-state index contributed by atoms with van der Waals surface area (Å²) in [5.74, 6) is 5.14.